The molecule has 1 aromatic heterocycles. The van der Waals surface area contributed by atoms with Crippen LogP contribution in [0.25, 0.3) is 10.9 Å². The van der Waals surface area contributed by atoms with Gasteiger partial charge >= 0.3 is 6.18 Å². The van der Waals surface area contributed by atoms with Gasteiger partial charge in [0.1, 0.15) is 6.04 Å². The Balaban J connectivity index is 1.71. The van der Waals surface area contributed by atoms with Gasteiger partial charge in [-0.3, -0.25) is 20.0 Å². The van der Waals surface area contributed by atoms with Crippen molar-refractivity contribution in [3.8, 4) is 0 Å². The van der Waals surface area contributed by atoms with E-state index in [1.54, 1.807) is 6.07 Å². The molecule has 0 fully saturated rings. The highest BCUT2D eigenvalue weighted by molar-refractivity contribution is 5.99. The van der Waals surface area contributed by atoms with Gasteiger partial charge in [-0.05, 0) is 36.2 Å². The molecular weight excluding hydrogens is 525 g/mol. The maximum Gasteiger partial charge on any atom is 0.416 e. The summed E-state index contributed by atoms with van der Waals surface area (Å²) in [6, 6.07) is 11.5. The molecule has 0 aliphatic carbocycles. The number of amides is 2. The van der Waals surface area contributed by atoms with Crippen molar-refractivity contribution in [1.82, 2.24) is 20.7 Å². The Labute approximate surface area is 230 Å². The van der Waals surface area contributed by atoms with Crippen LogP contribution in [0.3, 0.4) is 0 Å². The number of aromatic nitrogens is 1. The SMILES string of the molecule is NCCN(CCN)NCC[C@H](N)C(=O)N[C@H](Cc1ccc(C(F)(F)F)cc1)C(=O)Nc1cnc2ccccc2c1. The molecule has 10 nitrogen and oxygen atoms in total. The second-order valence-corrected chi connectivity index (χ2v) is 9.23. The minimum atomic E-state index is -4.49. The van der Waals surface area contributed by atoms with E-state index in [4.69, 9.17) is 17.2 Å². The van der Waals surface area contributed by atoms with Crippen molar-refractivity contribution >= 4 is 28.4 Å². The van der Waals surface area contributed by atoms with E-state index in [-0.39, 0.29) is 12.8 Å². The number of carbonyl (C=O) groups excluding carboxylic acids is 2. The fourth-order valence-electron chi connectivity index (χ4n) is 4.01. The molecule has 0 saturated heterocycles. The highest BCUT2D eigenvalue weighted by Crippen LogP contribution is 2.29. The fourth-order valence-corrected chi connectivity index (χ4v) is 4.01. The predicted octanol–water partition coefficient (Wildman–Crippen LogP) is 1.36. The van der Waals surface area contributed by atoms with Gasteiger partial charge in [-0.2, -0.15) is 13.2 Å². The Bertz CT molecular complexity index is 1250. The van der Waals surface area contributed by atoms with Gasteiger partial charge in [0, 0.05) is 44.5 Å². The highest BCUT2D eigenvalue weighted by atomic mass is 19.4. The molecule has 3 rings (SSSR count). The Morgan fingerprint density at radius 2 is 1.65 bits per heavy atom. The van der Waals surface area contributed by atoms with Crippen LogP contribution in [0.5, 0.6) is 0 Å². The maximum absolute atomic E-state index is 13.3. The molecule has 0 spiro atoms. The lowest BCUT2D eigenvalue weighted by Crippen LogP contribution is -2.52. The van der Waals surface area contributed by atoms with Crippen LogP contribution >= 0.6 is 0 Å². The number of hydrogen-bond acceptors (Lipinski definition) is 8. The number of alkyl halides is 3. The molecule has 216 valence electrons. The van der Waals surface area contributed by atoms with Gasteiger partial charge in [0.2, 0.25) is 11.8 Å². The number of hydrazine groups is 1. The largest absolute Gasteiger partial charge is 0.416 e. The number of pyridine rings is 1. The van der Waals surface area contributed by atoms with Crippen molar-refractivity contribution < 1.29 is 22.8 Å². The van der Waals surface area contributed by atoms with E-state index in [2.05, 4.69) is 21.0 Å². The second-order valence-electron chi connectivity index (χ2n) is 9.23. The topological polar surface area (TPSA) is 164 Å². The molecule has 2 atom stereocenters. The molecular formula is C27H35F3N8O2. The minimum absolute atomic E-state index is 0.0531. The fraction of sp³-hybridized carbons (Fsp3) is 0.370. The zero-order chi connectivity index (χ0) is 29.1. The van der Waals surface area contributed by atoms with Crippen molar-refractivity contribution in [2.45, 2.75) is 31.1 Å². The van der Waals surface area contributed by atoms with Crippen LogP contribution in [-0.4, -0.2) is 66.6 Å². The van der Waals surface area contributed by atoms with Gasteiger partial charge in [-0.25, -0.2) is 5.01 Å². The first-order valence-electron chi connectivity index (χ1n) is 12.9. The lowest BCUT2D eigenvalue weighted by molar-refractivity contribution is -0.137. The summed E-state index contributed by atoms with van der Waals surface area (Å²) in [6.45, 7) is 2.35. The third-order valence-electron chi connectivity index (χ3n) is 6.14. The van der Waals surface area contributed by atoms with Crippen molar-refractivity contribution in [2.75, 3.05) is 38.0 Å². The summed E-state index contributed by atoms with van der Waals surface area (Å²) in [7, 11) is 0. The average Bonchev–Trinajstić information content (AvgIpc) is 2.92. The van der Waals surface area contributed by atoms with E-state index in [1.807, 2.05) is 29.3 Å². The number of anilines is 1. The van der Waals surface area contributed by atoms with E-state index in [9.17, 15) is 22.8 Å². The molecule has 13 heteroatoms. The Kier molecular flexibility index (Phi) is 11.3. The van der Waals surface area contributed by atoms with Crippen LogP contribution < -0.4 is 33.3 Å². The van der Waals surface area contributed by atoms with Crippen LogP contribution in [0.15, 0.2) is 60.8 Å². The number of halogens is 3. The molecule has 9 N–H and O–H groups in total. The lowest BCUT2D eigenvalue weighted by Gasteiger charge is -2.24. The molecule has 0 aliphatic rings. The Morgan fingerprint density at radius 1 is 0.975 bits per heavy atom. The van der Waals surface area contributed by atoms with Crippen molar-refractivity contribution in [1.29, 1.82) is 0 Å². The minimum Gasteiger partial charge on any atom is -0.343 e. The Morgan fingerprint density at radius 3 is 2.30 bits per heavy atom. The summed E-state index contributed by atoms with van der Waals surface area (Å²) in [5.74, 6) is -1.14. The molecule has 0 bridgehead atoms. The third-order valence-corrected chi connectivity index (χ3v) is 6.14. The average molecular weight is 561 g/mol. The second kappa shape index (κ2) is 14.7. The predicted molar refractivity (Wildman–Crippen MR) is 148 cm³/mol. The zero-order valence-electron chi connectivity index (χ0n) is 22.0. The van der Waals surface area contributed by atoms with E-state index in [0.717, 1.165) is 23.0 Å². The number of rotatable bonds is 14. The summed E-state index contributed by atoms with van der Waals surface area (Å²) < 4.78 is 39.0. The summed E-state index contributed by atoms with van der Waals surface area (Å²) in [4.78, 5) is 30.5. The van der Waals surface area contributed by atoms with E-state index in [0.29, 0.717) is 44.0 Å². The smallest absolute Gasteiger partial charge is 0.343 e. The number of nitrogens with two attached hydrogens (primary N) is 3. The number of carbonyl (C=O) groups is 2. The molecule has 0 saturated carbocycles. The molecule has 0 aliphatic heterocycles. The molecule has 2 aromatic carbocycles. The van der Waals surface area contributed by atoms with Gasteiger partial charge in [0.25, 0.3) is 0 Å². The van der Waals surface area contributed by atoms with Crippen LogP contribution in [0.4, 0.5) is 18.9 Å². The van der Waals surface area contributed by atoms with Gasteiger partial charge in [0.05, 0.1) is 29.0 Å². The normalized spacial score (nSPS) is 13.3. The zero-order valence-corrected chi connectivity index (χ0v) is 22.0. The first-order valence-corrected chi connectivity index (χ1v) is 12.9. The molecule has 2 amide bonds. The van der Waals surface area contributed by atoms with E-state index < -0.39 is 35.6 Å². The van der Waals surface area contributed by atoms with Crippen molar-refractivity contribution in [3.05, 3.63) is 71.9 Å². The number of nitrogens with zero attached hydrogens (tertiary/aromatic N) is 2. The van der Waals surface area contributed by atoms with Crippen LogP contribution in [0.2, 0.25) is 0 Å². The van der Waals surface area contributed by atoms with Gasteiger partial charge < -0.3 is 27.8 Å². The van der Waals surface area contributed by atoms with E-state index >= 15 is 0 Å². The maximum atomic E-state index is 13.3. The molecule has 0 radical (unpaired) electrons. The quantitative estimate of drug-likeness (QED) is 0.161. The van der Waals surface area contributed by atoms with Crippen LogP contribution in [-0.2, 0) is 22.2 Å². The van der Waals surface area contributed by atoms with Crippen molar-refractivity contribution in [3.63, 3.8) is 0 Å². The molecule has 3 aromatic rings. The number of para-hydroxylation sites is 1. The summed E-state index contributed by atoms with van der Waals surface area (Å²) in [6.07, 6.45) is -2.80. The van der Waals surface area contributed by atoms with Gasteiger partial charge in [-0.15, -0.1) is 0 Å². The van der Waals surface area contributed by atoms with Gasteiger partial charge in [0.15, 0.2) is 0 Å². The number of hydrogen-bond donors (Lipinski definition) is 6. The van der Waals surface area contributed by atoms with E-state index in [1.165, 1.54) is 18.3 Å². The molecule has 40 heavy (non-hydrogen) atoms. The first-order chi connectivity index (χ1) is 19.1. The standard InChI is InChI=1S/C27H35F3N8O2/c28-27(29,30)20-7-5-18(6-8-20)15-24(26(40)36-21-16-19-3-1-2-4-23(19)34-17-21)37-25(39)22(33)9-12-35-38(13-10-31)14-11-32/h1-8,16-17,22,24,35H,9-15,31-33H2,(H,36,40)(H,37,39)/t22-,24+/m0/s1. The van der Waals surface area contributed by atoms with Crippen LogP contribution in [0.1, 0.15) is 17.5 Å². The first kappa shape index (κ1) is 30.9. The van der Waals surface area contributed by atoms with Crippen molar-refractivity contribution in [2.24, 2.45) is 17.2 Å². The Hall–Kier alpha value is -3.62. The summed E-state index contributed by atoms with van der Waals surface area (Å²) >= 11 is 0. The number of fused-ring (bicyclic) bond motifs is 1. The number of nitrogens with one attached hydrogen (secondary N) is 3. The third kappa shape index (κ3) is 9.24. The lowest BCUT2D eigenvalue weighted by atomic mass is 10.0. The molecule has 1 heterocycles. The highest BCUT2D eigenvalue weighted by Gasteiger charge is 2.30. The number of benzene rings is 2. The monoisotopic (exact) mass is 560 g/mol. The van der Waals surface area contributed by atoms with Crippen LogP contribution in [0, 0.1) is 0 Å². The summed E-state index contributed by atoms with van der Waals surface area (Å²) in [5, 5.41) is 8.04. The molecule has 0 unspecified atom stereocenters. The van der Waals surface area contributed by atoms with Gasteiger partial charge in [-0.1, -0.05) is 30.3 Å². The summed E-state index contributed by atoms with van der Waals surface area (Å²) in [5.41, 5.74) is 21.2.